The van der Waals surface area contributed by atoms with Gasteiger partial charge in [-0.3, -0.25) is 0 Å². The Morgan fingerprint density at radius 2 is 1.86 bits per heavy atom. The molecule has 1 atom stereocenters. The Morgan fingerprint density at radius 3 is 2.57 bits per heavy atom. The van der Waals surface area contributed by atoms with Crippen LogP contribution in [0.2, 0.25) is 0 Å². The maximum atomic E-state index is 5.83. The summed E-state index contributed by atoms with van der Waals surface area (Å²) in [6.45, 7) is 4.00. The van der Waals surface area contributed by atoms with Crippen LogP contribution in [-0.2, 0) is 0 Å². The normalized spacial score (nSPS) is 18.3. The number of para-hydroxylation sites is 1. The molecular weight excluding hydrogens is 172 g/mol. The van der Waals surface area contributed by atoms with Gasteiger partial charge < -0.3 is 10.6 Å². The molecule has 0 amide bonds. The van der Waals surface area contributed by atoms with Gasteiger partial charge in [-0.25, -0.2) is 0 Å². The van der Waals surface area contributed by atoms with Crippen LogP contribution in [0, 0.1) is 0 Å². The molecule has 1 aliphatic heterocycles. The first-order valence-electron chi connectivity index (χ1n) is 5.05. The van der Waals surface area contributed by atoms with E-state index in [4.69, 9.17) is 5.73 Å². The van der Waals surface area contributed by atoms with Crippen molar-refractivity contribution in [2.45, 2.75) is 20.0 Å². The Morgan fingerprint density at radius 1 is 1.21 bits per heavy atom. The first kappa shape index (κ1) is 10.8. The van der Waals surface area contributed by atoms with E-state index >= 15 is 0 Å². The van der Waals surface area contributed by atoms with Gasteiger partial charge in [0.2, 0.25) is 0 Å². The molecule has 1 aromatic rings. The van der Waals surface area contributed by atoms with Crippen molar-refractivity contribution in [2.75, 3.05) is 11.9 Å². The zero-order chi connectivity index (χ0) is 10.6. The molecule has 1 heterocycles. The monoisotopic (exact) mass is 190 g/mol. The molecular formula is C12H18N2. The van der Waals surface area contributed by atoms with E-state index in [1.54, 1.807) is 0 Å². The summed E-state index contributed by atoms with van der Waals surface area (Å²) >= 11 is 0. The van der Waals surface area contributed by atoms with E-state index in [2.05, 4.69) is 23.1 Å². The third-order valence-corrected chi connectivity index (χ3v) is 2.24. The molecule has 76 valence electrons. The number of nitrogens with two attached hydrogens (primary N) is 1. The number of hydrogen-bond donors (Lipinski definition) is 1. The van der Waals surface area contributed by atoms with Crippen LogP contribution >= 0.6 is 0 Å². The second-order valence-corrected chi connectivity index (χ2v) is 3.02. The number of benzene rings is 1. The lowest BCUT2D eigenvalue weighted by molar-refractivity contribution is 0.783. The van der Waals surface area contributed by atoms with Crippen molar-refractivity contribution < 1.29 is 0 Å². The number of fused-ring (bicyclic) bond motifs is 1. The van der Waals surface area contributed by atoms with E-state index in [9.17, 15) is 0 Å². The first-order chi connectivity index (χ1) is 6.79. The van der Waals surface area contributed by atoms with Crippen LogP contribution in [0.25, 0.3) is 6.08 Å². The van der Waals surface area contributed by atoms with Crippen LogP contribution in [0.5, 0.6) is 0 Å². The maximum absolute atomic E-state index is 5.83. The number of likely N-dealkylation sites (N-methyl/N-ethyl adjacent to an activating group) is 1. The summed E-state index contributed by atoms with van der Waals surface area (Å²) in [7, 11) is 2.01. The van der Waals surface area contributed by atoms with Crippen molar-refractivity contribution in [3.63, 3.8) is 0 Å². The van der Waals surface area contributed by atoms with Gasteiger partial charge in [-0.1, -0.05) is 38.1 Å². The minimum atomic E-state index is 0.0138. The highest BCUT2D eigenvalue weighted by Gasteiger charge is 2.13. The van der Waals surface area contributed by atoms with Crippen LogP contribution in [0.15, 0.2) is 30.3 Å². The average molecular weight is 190 g/mol. The number of hydrogen-bond acceptors (Lipinski definition) is 2. The molecule has 2 rings (SSSR count). The molecule has 2 heteroatoms. The summed E-state index contributed by atoms with van der Waals surface area (Å²) in [6.07, 6.45) is 4.09. The van der Waals surface area contributed by atoms with Gasteiger partial charge in [0.15, 0.2) is 0 Å². The van der Waals surface area contributed by atoms with Gasteiger partial charge in [-0.2, -0.15) is 0 Å². The average Bonchev–Trinajstić information content (AvgIpc) is 2.27. The molecule has 14 heavy (non-hydrogen) atoms. The van der Waals surface area contributed by atoms with Gasteiger partial charge in [0.1, 0.15) is 0 Å². The Kier molecular flexibility index (Phi) is 3.72. The van der Waals surface area contributed by atoms with E-state index in [-0.39, 0.29) is 6.17 Å². The van der Waals surface area contributed by atoms with Crippen molar-refractivity contribution in [3.8, 4) is 0 Å². The SMILES string of the molecule is CC.CN1c2ccccc2C=CC1N. The first-order valence-corrected chi connectivity index (χ1v) is 5.05. The molecule has 0 aliphatic carbocycles. The lowest BCUT2D eigenvalue weighted by atomic mass is 10.1. The Labute approximate surface area is 86.0 Å². The lowest BCUT2D eigenvalue weighted by Crippen LogP contribution is -2.39. The fraction of sp³-hybridized carbons (Fsp3) is 0.333. The predicted octanol–water partition coefficient (Wildman–Crippen LogP) is 2.46. The third kappa shape index (κ3) is 1.96. The molecule has 2 nitrogen and oxygen atoms in total. The standard InChI is InChI=1S/C10H12N2.C2H6/c1-12-9-5-3-2-4-8(9)6-7-10(12)11;1-2/h2-7,10H,11H2,1H3;1-2H3. The Bertz CT molecular complexity index is 318. The van der Waals surface area contributed by atoms with Crippen LogP contribution < -0.4 is 10.6 Å². The van der Waals surface area contributed by atoms with Gasteiger partial charge in [0.05, 0.1) is 6.17 Å². The molecule has 2 N–H and O–H groups in total. The smallest absolute Gasteiger partial charge is 0.0962 e. The third-order valence-electron chi connectivity index (χ3n) is 2.24. The van der Waals surface area contributed by atoms with Gasteiger partial charge in [0, 0.05) is 12.7 Å². The maximum Gasteiger partial charge on any atom is 0.0962 e. The highest BCUT2D eigenvalue weighted by atomic mass is 15.2. The van der Waals surface area contributed by atoms with Crippen molar-refractivity contribution in [3.05, 3.63) is 35.9 Å². The molecule has 0 spiro atoms. The fourth-order valence-corrected chi connectivity index (χ4v) is 1.44. The number of rotatable bonds is 0. The molecule has 0 radical (unpaired) electrons. The largest absolute Gasteiger partial charge is 0.355 e. The fourth-order valence-electron chi connectivity index (χ4n) is 1.44. The lowest BCUT2D eigenvalue weighted by Gasteiger charge is -2.29. The summed E-state index contributed by atoms with van der Waals surface area (Å²) in [5, 5.41) is 0. The van der Waals surface area contributed by atoms with Crippen molar-refractivity contribution in [2.24, 2.45) is 5.73 Å². The summed E-state index contributed by atoms with van der Waals surface area (Å²) in [6, 6.07) is 8.24. The number of nitrogens with zero attached hydrogens (tertiary/aromatic N) is 1. The van der Waals surface area contributed by atoms with Gasteiger partial charge in [0.25, 0.3) is 0 Å². The molecule has 0 fully saturated rings. The zero-order valence-corrected chi connectivity index (χ0v) is 9.07. The molecule has 0 aromatic heterocycles. The van der Waals surface area contributed by atoms with Crippen LogP contribution in [-0.4, -0.2) is 13.2 Å². The minimum Gasteiger partial charge on any atom is -0.355 e. The highest BCUT2D eigenvalue weighted by Crippen LogP contribution is 2.25. The Hall–Kier alpha value is -1.28. The summed E-state index contributed by atoms with van der Waals surface area (Å²) < 4.78 is 0. The van der Waals surface area contributed by atoms with E-state index < -0.39 is 0 Å². The second-order valence-electron chi connectivity index (χ2n) is 3.02. The Balaban J connectivity index is 0.000000461. The van der Waals surface area contributed by atoms with Crippen molar-refractivity contribution in [1.82, 2.24) is 0 Å². The van der Waals surface area contributed by atoms with Crippen LogP contribution in [0.3, 0.4) is 0 Å². The van der Waals surface area contributed by atoms with Crippen LogP contribution in [0.4, 0.5) is 5.69 Å². The van der Waals surface area contributed by atoms with E-state index in [0.717, 1.165) is 0 Å². The van der Waals surface area contributed by atoms with E-state index in [1.165, 1.54) is 11.3 Å². The molecule has 0 bridgehead atoms. The van der Waals surface area contributed by atoms with Gasteiger partial charge in [-0.05, 0) is 17.7 Å². The summed E-state index contributed by atoms with van der Waals surface area (Å²) in [5.74, 6) is 0. The molecule has 1 aromatic carbocycles. The van der Waals surface area contributed by atoms with Crippen LogP contribution in [0.1, 0.15) is 19.4 Å². The summed E-state index contributed by atoms with van der Waals surface area (Å²) in [5.41, 5.74) is 8.27. The quantitative estimate of drug-likeness (QED) is 0.681. The van der Waals surface area contributed by atoms with Gasteiger partial charge >= 0.3 is 0 Å². The molecule has 1 unspecified atom stereocenters. The molecule has 1 aliphatic rings. The van der Waals surface area contributed by atoms with Gasteiger partial charge in [-0.15, -0.1) is 0 Å². The van der Waals surface area contributed by atoms with Crippen molar-refractivity contribution >= 4 is 11.8 Å². The van der Waals surface area contributed by atoms with E-state index in [1.807, 2.05) is 39.1 Å². The highest BCUT2D eigenvalue weighted by molar-refractivity contribution is 5.71. The molecule has 0 saturated carbocycles. The van der Waals surface area contributed by atoms with Crippen molar-refractivity contribution in [1.29, 1.82) is 0 Å². The topological polar surface area (TPSA) is 29.3 Å². The van der Waals surface area contributed by atoms with E-state index in [0.29, 0.717) is 0 Å². The minimum absolute atomic E-state index is 0.0138. The predicted molar refractivity (Wildman–Crippen MR) is 63.2 cm³/mol. The molecule has 0 saturated heterocycles. The zero-order valence-electron chi connectivity index (χ0n) is 9.07. The number of anilines is 1. The second kappa shape index (κ2) is 4.82. The summed E-state index contributed by atoms with van der Waals surface area (Å²) in [4.78, 5) is 2.06.